The summed E-state index contributed by atoms with van der Waals surface area (Å²) < 4.78 is 0. The zero-order valence-electron chi connectivity index (χ0n) is 16.2. The Bertz CT molecular complexity index is 1080. The van der Waals surface area contributed by atoms with Gasteiger partial charge in [0.25, 0.3) is 0 Å². The minimum absolute atomic E-state index is 0.176. The van der Waals surface area contributed by atoms with E-state index >= 15 is 0 Å². The van der Waals surface area contributed by atoms with Crippen molar-refractivity contribution in [2.45, 2.75) is 20.3 Å². The number of hydrogen-bond acceptors (Lipinski definition) is 6. The van der Waals surface area contributed by atoms with Gasteiger partial charge in [0.1, 0.15) is 29.7 Å². The molecule has 5 rings (SSSR count). The van der Waals surface area contributed by atoms with Crippen LogP contribution in [0.4, 0.5) is 11.6 Å². The molecule has 3 aromatic rings. The number of hydrogen-bond donors (Lipinski definition) is 1. The molecule has 2 aliphatic rings. The minimum atomic E-state index is 0.176. The Balaban J connectivity index is 1.41. The summed E-state index contributed by atoms with van der Waals surface area (Å²) in [7, 11) is 0. The first kappa shape index (κ1) is 17.0. The van der Waals surface area contributed by atoms with Crippen molar-refractivity contribution in [2.24, 2.45) is 11.3 Å². The van der Waals surface area contributed by atoms with Crippen LogP contribution < -0.4 is 9.80 Å². The predicted octanol–water partition coefficient (Wildman–Crippen LogP) is 2.89. The molecule has 0 bridgehead atoms. The highest BCUT2D eigenvalue weighted by Gasteiger charge is 2.47. The van der Waals surface area contributed by atoms with Gasteiger partial charge in [-0.15, -0.1) is 0 Å². The van der Waals surface area contributed by atoms with Crippen LogP contribution >= 0.6 is 0 Å². The summed E-state index contributed by atoms with van der Waals surface area (Å²) in [6, 6.07) is 6.31. The molecule has 7 nitrogen and oxygen atoms in total. The summed E-state index contributed by atoms with van der Waals surface area (Å²) in [4.78, 5) is 21.4. The fourth-order valence-corrected chi connectivity index (χ4v) is 4.86. The number of rotatable bonds is 2. The molecule has 0 aliphatic carbocycles. The second-order valence-corrected chi connectivity index (χ2v) is 8.35. The number of aromatic nitrogens is 4. The molecule has 142 valence electrons. The van der Waals surface area contributed by atoms with Crippen LogP contribution in [0.3, 0.4) is 0 Å². The second kappa shape index (κ2) is 6.20. The number of aromatic amines is 1. The second-order valence-electron chi connectivity index (χ2n) is 8.35. The van der Waals surface area contributed by atoms with Gasteiger partial charge in [-0.25, -0.2) is 15.0 Å². The van der Waals surface area contributed by atoms with Crippen LogP contribution in [-0.2, 0) is 0 Å². The van der Waals surface area contributed by atoms with Crippen molar-refractivity contribution in [3.05, 3.63) is 42.0 Å². The summed E-state index contributed by atoms with van der Waals surface area (Å²) in [5.41, 5.74) is 2.71. The van der Waals surface area contributed by atoms with E-state index in [9.17, 15) is 0 Å². The third-order valence-corrected chi connectivity index (χ3v) is 6.45. The van der Waals surface area contributed by atoms with Gasteiger partial charge in [-0.05, 0) is 37.0 Å². The number of piperidine rings is 1. The van der Waals surface area contributed by atoms with Crippen molar-refractivity contribution in [2.75, 3.05) is 36.0 Å². The molecule has 7 heteroatoms. The molecule has 1 N–H and O–H groups in total. The van der Waals surface area contributed by atoms with Gasteiger partial charge < -0.3 is 14.8 Å². The molecular formula is C21H23N7. The van der Waals surface area contributed by atoms with Crippen molar-refractivity contribution < 1.29 is 0 Å². The normalized spacial score (nSPS) is 24.4. The van der Waals surface area contributed by atoms with E-state index in [2.05, 4.69) is 48.8 Å². The van der Waals surface area contributed by atoms with Gasteiger partial charge in [0, 0.05) is 44.0 Å². The lowest BCUT2D eigenvalue weighted by Crippen LogP contribution is -2.47. The zero-order chi connectivity index (χ0) is 19.3. The highest BCUT2D eigenvalue weighted by atomic mass is 15.3. The molecule has 0 saturated carbocycles. The molecule has 0 amide bonds. The maximum atomic E-state index is 9.16. The summed E-state index contributed by atoms with van der Waals surface area (Å²) in [5.74, 6) is 2.63. The molecule has 0 aromatic carbocycles. The number of nitrogens with zero attached hydrogens (tertiary/aromatic N) is 6. The van der Waals surface area contributed by atoms with Gasteiger partial charge in [0.05, 0.1) is 10.9 Å². The Morgan fingerprint density at radius 1 is 1.25 bits per heavy atom. The van der Waals surface area contributed by atoms with Gasteiger partial charge in [-0.2, -0.15) is 5.26 Å². The number of fused-ring (bicyclic) bond motifs is 2. The van der Waals surface area contributed by atoms with E-state index in [0.29, 0.717) is 11.5 Å². The lowest BCUT2D eigenvalue weighted by Gasteiger charge is -2.42. The van der Waals surface area contributed by atoms with Crippen LogP contribution in [0.25, 0.3) is 11.0 Å². The maximum Gasteiger partial charge on any atom is 0.142 e. The lowest BCUT2D eigenvalue weighted by molar-refractivity contribution is 0.216. The number of nitrogens with one attached hydrogen (secondary N) is 1. The van der Waals surface area contributed by atoms with Crippen molar-refractivity contribution >= 4 is 22.7 Å². The third-order valence-electron chi connectivity index (χ3n) is 6.45. The van der Waals surface area contributed by atoms with Gasteiger partial charge in [0.15, 0.2) is 0 Å². The summed E-state index contributed by atoms with van der Waals surface area (Å²) in [6.45, 7) is 8.33. The maximum absolute atomic E-state index is 9.16. The standard InChI is InChI=1S/C21H23N7/c1-14-7-18(24-9-15(14)8-22)28-10-16-4-6-27(11-21(16,2)12-28)20-17-3-5-23-19(17)25-13-26-20/h3,5,7,9,13,16H,4,6,10-12H2,1-2H3,(H,23,25,26)/t16-,21+/m1/s1. The van der Waals surface area contributed by atoms with Crippen LogP contribution in [0.2, 0.25) is 0 Å². The fourth-order valence-electron chi connectivity index (χ4n) is 4.86. The zero-order valence-corrected chi connectivity index (χ0v) is 16.2. The van der Waals surface area contributed by atoms with Crippen LogP contribution in [-0.4, -0.2) is 46.1 Å². The molecule has 2 fully saturated rings. The van der Waals surface area contributed by atoms with E-state index in [1.165, 1.54) is 0 Å². The molecule has 0 radical (unpaired) electrons. The highest BCUT2D eigenvalue weighted by Crippen LogP contribution is 2.44. The molecule has 2 atom stereocenters. The van der Waals surface area contributed by atoms with Crippen LogP contribution in [0.5, 0.6) is 0 Å². The average Bonchev–Trinajstić information content (AvgIpc) is 3.30. The van der Waals surface area contributed by atoms with E-state index < -0.39 is 0 Å². The van der Waals surface area contributed by atoms with Gasteiger partial charge in [-0.3, -0.25) is 0 Å². The summed E-state index contributed by atoms with van der Waals surface area (Å²) >= 11 is 0. The van der Waals surface area contributed by atoms with Crippen LogP contribution in [0.15, 0.2) is 30.9 Å². The average molecular weight is 373 g/mol. The monoisotopic (exact) mass is 373 g/mol. The van der Waals surface area contributed by atoms with Crippen molar-refractivity contribution in [3.8, 4) is 6.07 Å². The molecule has 28 heavy (non-hydrogen) atoms. The first-order chi connectivity index (χ1) is 13.6. The van der Waals surface area contributed by atoms with Crippen LogP contribution in [0, 0.1) is 29.6 Å². The summed E-state index contributed by atoms with van der Waals surface area (Å²) in [5, 5.41) is 10.2. The molecular weight excluding hydrogens is 350 g/mol. The topological polar surface area (TPSA) is 84.7 Å². The van der Waals surface area contributed by atoms with E-state index in [0.717, 1.165) is 60.8 Å². The first-order valence-corrected chi connectivity index (χ1v) is 9.72. The van der Waals surface area contributed by atoms with E-state index in [1.54, 1.807) is 12.5 Å². The lowest BCUT2D eigenvalue weighted by atomic mass is 9.75. The Morgan fingerprint density at radius 3 is 2.93 bits per heavy atom. The van der Waals surface area contributed by atoms with E-state index in [-0.39, 0.29) is 5.41 Å². The Hall–Kier alpha value is -3.14. The van der Waals surface area contributed by atoms with E-state index in [4.69, 9.17) is 5.26 Å². The Kier molecular flexibility index (Phi) is 3.76. The smallest absolute Gasteiger partial charge is 0.142 e. The third kappa shape index (κ3) is 2.60. The van der Waals surface area contributed by atoms with Crippen molar-refractivity contribution in [1.29, 1.82) is 5.26 Å². The van der Waals surface area contributed by atoms with Crippen molar-refractivity contribution in [1.82, 2.24) is 19.9 Å². The Morgan fingerprint density at radius 2 is 2.11 bits per heavy atom. The van der Waals surface area contributed by atoms with Crippen molar-refractivity contribution in [3.63, 3.8) is 0 Å². The molecule has 2 saturated heterocycles. The van der Waals surface area contributed by atoms with Gasteiger partial charge >= 0.3 is 0 Å². The van der Waals surface area contributed by atoms with Gasteiger partial charge in [-0.1, -0.05) is 6.92 Å². The highest BCUT2D eigenvalue weighted by molar-refractivity contribution is 5.87. The number of H-pyrrole nitrogens is 1. The first-order valence-electron chi connectivity index (χ1n) is 9.72. The summed E-state index contributed by atoms with van der Waals surface area (Å²) in [6.07, 6.45) is 6.41. The molecule has 0 unspecified atom stereocenters. The van der Waals surface area contributed by atoms with E-state index in [1.807, 2.05) is 19.2 Å². The van der Waals surface area contributed by atoms with Gasteiger partial charge in [0.2, 0.25) is 0 Å². The number of anilines is 2. The largest absolute Gasteiger partial charge is 0.356 e. The Labute approximate surface area is 164 Å². The molecule has 3 aromatic heterocycles. The number of aryl methyl sites for hydroxylation is 1. The molecule has 5 heterocycles. The molecule has 0 spiro atoms. The quantitative estimate of drug-likeness (QED) is 0.743. The fraction of sp³-hybridized carbons (Fsp3) is 0.429. The predicted molar refractivity (Wildman–Crippen MR) is 108 cm³/mol. The number of pyridine rings is 1. The number of nitriles is 1. The SMILES string of the molecule is Cc1cc(N2C[C@H]3CCN(c4ncnc5[nH]ccc45)C[C@@]3(C)C2)ncc1C#N. The molecule has 2 aliphatic heterocycles. The minimum Gasteiger partial charge on any atom is -0.356 e. The van der Waals surface area contributed by atoms with Crippen LogP contribution in [0.1, 0.15) is 24.5 Å².